The maximum Gasteiger partial charge on any atom is 0.237 e. The van der Waals surface area contributed by atoms with Crippen LogP contribution in [0, 0.1) is 0 Å². The van der Waals surface area contributed by atoms with Gasteiger partial charge in [-0.3, -0.25) is 4.79 Å². The van der Waals surface area contributed by atoms with Crippen molar-refractivity contribution in [2.24, 2.45) is 0 Å². The first kappa shape index (κ1) is 10.4. The maximum absolute atomic E-state index is 11.1. The van der Waals surface area contributed by atoms with E-state index >= 15 is 0 Å². The molecule has 0 aliphatic rings. The summed E-state index contributed by atoms with van der Waals surface area (Å²) < 4.78 is 0. The molecule has 0 heterocycles. The van der Waals surface area contributed by atoms with Gasteiger partial charge in [-0.05, 0) is 20.9 Å². The van der Waals surface area contributed by atoms with E-state index in [1.807, 2.05) is 0 Å². The van der Waals surface area contributed by atoms with Crippen LogP contribution in [0.25, 0.3) is 0 Å². The molecule has 0 bridgehead atoms. The molecule has 3 N–H and O–H groups in total. The summed E-state index contributed by atoms with van der Waals surface area (Å²) in [7, 11) is 1.72. The Balaban J connectivity index is 3.68. The van der Waals surface area contributed by atoms with Gasteiger partial charge in [0.15, 0.2) is 0 Å². The third kappa shape index (κ3) is 3.95. The van der Waals surface area contributed by atoms with E-state index in [-0.39, 0.29) is 24.6 Å². The predicted octanol–water partition coefficient (Wildman–Crippen LogP) is -0.909. The summed E-state index contributed by atoms with van der Waals surface area (Å²) in [5, 5.41) is 14.0. The Labute approximate surface area is 67.0 Å². The quantitative estimate of drug-likeness (QED) is 0.499. The number of carbonyl (C=O) groups excluding carboxylic acids is 1. The SMILES string of the molecule is CN[C@@H](C)C(=O)NC(C)CO. The number of amides is 1. The number of likely N-dealkylation sites (N-methyl/N-ethyl adjacent to an activating group) is 1. The van der Waals surface area contributed by atoms with Crippen LogP contribution in [0.2, 0.25) is 0 Å². The lowest BCUT2D eigenvalue weighted by Crippen LogP contribution is -2.45. The van der Waals surface area contributed by atoms with Crippen LogP contribution in [0.3, 0.4) is 0 Å². The highest BCUT2D eigenvalue weighted by molar-refractivity contribution is 5.81. The molecule has 11 heavy (non-hydrogen) atoms. The summed E-state index contributed by atoms with van der Waals surface area (Å²) in [4.78, 5) is 11.1. The van der Waals surface area contributed by atoms with Gasteiger partial charge in [-0.25, -0.2) is 0 Å². The van der Waals surface area contributed by atoms with Crippen molar-refractivity contribution < 1.29 is 9.90 Å². The summed E-state index contributed by atoms with van der Waals surface area (Å²) in [6.45, 7) is 3.49. The molecular formula is C7H16N2O2. The summed E-state index contributed by atoms with van der Waals surface area (Å²) in [6.07, 6.45) is 0. The van der Waals surface area contributed by atoms with E-state index in [4.69, 9.17) is 5.11 Å². The van der Waals surface area contributed by atoms with Crippen molar-refractivity contribution >= 4 is 5.91 Å². The van der Waals surface area contributed by atoms with Gasteiger partial charge >= 0.3 is 0 Å². The number of aliphatic hydroxyl groups is 1. The van der Waals surface area contributed by atoms with E-state index in [1.165, 1.54) is 0 Å². The molecule has 0 fully saturated rings. The molecule has 1 amide bonds. The van der Waals surface area contributed by atoms with E-state index < -0.39 is 0 Å². The number of hydrogen-bond donors (Lipinski definition) is 3. The van der Waals surface area contributed by atoms with Gasteiger partial charge in [0.25, 0.3) is 0 Å². The number of rotatable bonds is 4. The number of aliphatic hydroxyl groups excluding tert-OH is 1. The molecule has 0 aromatic heterocycles. The average molecular weight is 160 g/mol. The molecule has 2 atom stereocenters. The van der Waals surface area contributed by atoms with Crippen LogP contribution in [0.1, 0.15) is 13.8 Å². The summed E-state index contributed by atoms with van der Waals surface area (Å²) in [5.41, 5.74) is 0. The molecule has 0 aliphatic carbocycles. The van der Waals surface area contributed by atoms with Crippen molar-refractivity contribution in [3.8, 4) is 0 Å². The average Bonchev–Trinajstić information content (AvgIpc) is 2.02. The Morgan fingerprint density at radius 1 is 1.55 bits per heavy atom. The van der Waals surface area contributed by atoms with E-state index in [0.29, 0.717) is 0 Å². The molecule has 1 unspecified atom stereocenters. The molecule has 0 aliphatic heterocycles. The molecule has 4 nitrogen and oxygen atoms in total. The van der Waals surface area contributed by atoms with Gasteiger partial charge in [0, 0.05) is 6.04 Å². The van der Waals surface area contributed by atoms with Gasteiger partial charge in [-0.2, -0.15) is 0 Å². The van der Waals surface area contributed by atoms with Crippen molar-refractivity contribution in [1.29, 1.82) is 0 Å². The van der Waals surface area contributed by atoms with Gasteiger partial charge in [0.05, 0.1) is 12.6 Å². The van der Waals surface area contributed by atoms with Gasteiger partial charge in [-0.15, -0.1) is 0 Å². The standard InChI is InChI=1S/C7H16N2O2/c1-5(4-10)9-7(11)6(2)8-3/h5-6,8,10H,4H2,1-3H3,(H,9,11)/t5?,6-/m0/s1. The monoisotopic (exact) mass is 160 g/mol. The van der Waals surface area contributed by atoms with E-state index in [1.54, 1.807) is 20.9 Å². The minimum Gasteiger partial charge on any atom is -0.394 e. The molecule has 0 saturated carbocycles. The Morgan fingerprint density at radius 3 is 2.45 bits per heavy atom. The van der Waals surface area contributed by atoms with E-state index in [2.05, 4.69) is 10.6 Å². The molecule has 0 rings (SSSR count). The van der Waals surface area contributed by atoms with Crippen LogP contribution in [-0.2, 0) is 4.79 Å². The minimum absolute atomic E-state index is 0.0256. The second kappa shape index (κ2) is 5.09. The topological polar surface area (TPSA) is 61.4 Å². The first-order valence-corrected chi connectivity index (χ1v) is 3.70. The van der Waals surface area contributed by atoms with Gasteiger partial charge in [0.2, 0.25) is 5.91 Å². The zero-order chi connectivity index (χ0) is 8.85. The van der Waals surface area contributed by atoms with E-state index in [0.717, 1.165) is 0 Å². The highest BCUT2D eigenvalue weighted by atomic mass is 16.3. The van der Waals surface area contributed by atoms with Gasteiger partial charge in [0.1, 0.15) is 0 Å². The number of carbonyl (C=O) groups is 1. The van der Waals surface area contributed by atoms with Crippen LogP contribution in [0.15, 0.2) is 0 Å². The van der Waals surface area contributed by atoms with Crippen LogP contribution in [-0.4, -0.2) is 36.8 Å². The third-order valence-electron chi connectivity index (χ3n) is 1.49. The highest BCUT2D eigenvalue weighted by Crippen LogP contribution is 1.83. The van der Waals surface area contributed by atoms with Crippen molar-refractivity contribution in [2.45, 2.75) is 25.9 Å². The zero-order valence-electron chi connectivity index (χ0n) is 7.22. The third-order valence-corrected chi connectivity index (χ3v) is 1.49. The highest BCUT2D eigenvalue weighted by Gasteiger charge is 2.11. The van der Waals surface area contributed by atoms with Crippen molar-refractivity contribution in [1.82, 2.24) is 10.6 Å². The lowest BCUT2D eigenvalue weighted by molar-refractivity contribution is -0.123. The molecular weight excluding hydrogens is 144 g/mol. The second-order valence-electron chi connectivity index (χ2n) is 2.60. The van der Waals surface area contributed by atoms with Crippen molar-refractivity contribution in [3.63, 3.8) is 0 Å². The molecule has 0 spiro atoms. The van der Waals surface area contributed by atoms with Crippen LogP contribution in [0.5, 0.6) is 0 Å². The molecule has 66 valence electrons. The van der Waals surface area contributed by atoms with E-state index in [9.17, 15) is 4.79 Å². The molecule has 0 aromatic rings. The Bertz CT molecular complexity index is 128. The van der Waals surface area contributed by atoms with Crippen molar-refractivity contribution in [3.05, 3.63) is 0 Å². The Kier molecular flexibility index (Phi) is 4.81. The van der Waals surface area contributed by atoms with Gasteiger partial charge < -0.3 is 15.7 Å². The first-order chi connectivity index (χ1) is 5.11. The lowest BCUT2D eigenvalue weighted by atomic mass is 10.3. The Hall–Kier alpha value is -0.610. The van der Waals surface area contributed by atoms with Crippen LogP contribution < -0.4 is 10.6 Å². The molecule has 0 saturated heterocycles. The van der Waals surface area contributed by atoms with Crippen LogP contribution in [0.4, 0.5) is 0 Å². The van der Waals surface area contributed by atoms with Crippen molar-refractivity contribution in [2.75, 3.05) is 13.7 Å². The number of hydrogen-bond acceptors (Lipinski definition) is 3. The normalized spacial score (nSPS) is 15.6. The summed E-state index contributed by atoms with van der Waals surface area (Å²) >= 11 is 0. The predicted molar refractivity (Wildman–Crippen MR) is 43.2 cm³/mol. The maximum atomic E-state index is 11.1. The minimum atomic E-state index is -0.205. The molecule has 0 aromatic carbocycles. The smallest absolute Gasteiger partial charge is 0.237 e. The summed E-state index contributed by atoms with van der Waals surface area (Å²) in [5.74, 6) is -0.0888. The lowest BCUT2D eigenvalue weighted by Gasteiger charge is -2.14. The Morgan fingerprint density at radius 2 is 2.09 bits per heavy atom. The molecule has 0 radical (unpaired) electrons. The fourth-order valence-electron chi connectivity index (χ4n) is 0.545. The molecule has 4 heteroatoms. The largest absolute Gasteiger partial charge is 0.394 e. The number of nitrogens with one attached hydrogen (secondary N) is 2. The first-order valence-electron chi connectivity index (χ1n) is 3.70. The fourth-order valence-corrected chi connectivity index (χ4v) is 0.545. The van der Waals surface area contributed by atoms with Crippen LogP contribution >= 0.6 is 0 Å². The van der Waals surface area contributed by atoms with Gasteiger partial charge in [-0.1, -0.05) is 0 Å². The fraction of sp³-hybridized carbons (Fsp3) is 0.857. The summed E-state index contributed by atoms with van der Waals surface area (Å²) in [6, 6.07) is -0.373. The second-order valence-corrected chi connectivity index (χ2v) is 2.60. The zero-order valence-corrected chi connectivity index (χ0v) is 7.22.